The fourth-order valence-electron chi connectivity index (χ4n) is 4.88. The lowest BCUT2D eigenvalue weighted by molar-refractivity contribution is -0.148. The molecule has 4 rings (SSSR count). The summed E-state index contributed by atoms with van der Waals surface area (Å²) < 4.78 is 34.7. The van der Waals surface area contributed by atoms with E-state index in [-0.39, 0.29) is 12.6 Å². The highest BCUT2D eigenvalue weighted by molar-refractivity contribution is 7.85. The minimum Gasteiger partial charge on any atom is -0.464 e. The molecule has 0 atom stereocenters. The van der Waals surface area contributed by atoms with Crippen LogP contribution < -0.4 is 0 Å². The van der Waals surface area contributed by atoms with Gasteiger partial charge in [0.15, 0.2) is 0 Å². The molecule has 4 saturated carbocycles. The van der Waals surface area contributed by atoms with Crippen molar-refractivity contribution in [3.8, 4) is 0 Å². The van der Waals surface area contributed by atoms with Gasteiger partial charge >= 0.3 is 5.97 Å². The van der Waals surface area contributed by atoms with E-state index in [1.54, 1.807) is 0 Å². The molecule has 20 heavy (non-hydrogen) atoms. The Bertz CT molecular complexity index is 456. The third-order valence-corrected chi connectivity index (χ3v) is 6.11. The Hall–Kier alpha value is -0.620. The van der Waals surface area contributed by atoms with Crippen molar-refractivity contribution in [3.05, 3.63) is 0 Å². The Morgan fingerprint density at radius 3 is 2.10 bits per heavy atom. The van der Waals surface area contributed by atoms with Crippen LogP contribution in [0.1, 0.15) is 38.5 Å². The maximum atomic E-state index is 11.8. The first kappa shape index (κ1) is 14.3. The van der Waals surface area contributed by atoms with Gasteiger partial charge in [0, 0.05) is 6.42 Å². The molecule has 4 bridgehead atoms. The number of carbonyl (C=O) groups excluding carboxylic acids is 1. The van der Waals surface area contributed by atoms with Gasteiger partial charge in [0.05, 0.1) is 0 Å². The molecule has 0 spiro atoms. The van der Waals surface area contributed by atoms with Crippen LogP contribution in [-0.2, 0) is 19.6 Å². The van der Waals surface area contributed by atoms with E-state index in [0.717, 1.165) is 11.8 Å². The van der Waals surface area contributed by atoms with E-state index >= 15 is 0 Å². The number of hydrogen-bond acceptors (Lipinski definition) is 4. The van der Waals surface area contributed by atoms with Crippen molar-refractivity contribution in [3.63, 3.8) is 0 Å². The molecule has 0 aromatic rings. The molecule has 1 N–H and O–H groups in total. The lowest BCUT2D eigenvalue weighted by atomic mass is 9.51. The zero-order valence-corrected chi connectivity index (χ0v) is 12.3. The predicted molar refractivity (Wildman–Crippen MR) is 72.5 cm³/mol. The van der Waals surface area contributed by atoms with Gasteiger partial charge in [0.25, 0.3) is 10.1 Å². The van der Waals surface area contributed by atoms with Crippen molar-refractivity contribution < 1.29 is 22.5 Å². The Balaban J connectivity index is 1.49. The molecule has 0 aliphatic heterocycles. The Kier molecular flexibility index (Phi) is 3.79. The maximum Gasteiger partial charge on any atom is 0.306 e. The summed E-state index contributed by atoms with van der Waals surface area (Å²) in [6.45, 7) is -0.245. The normalized spacial score (nSPS) is 39.0. The van der Waals surface area contributed by atoms with Crippen LogP contribution in [0.2, 0.25) is 0 Å². The van der Waals surface area contributed by atoms with Crippen LogP contribution in [0.15, 0.2) is 0 Å². The molecule has 0 aromatic heterocycles. The molecule has 6 heteroatoms. The maximum absolute atomic E-state index is 11.8. The van der Waals surface area contributed by atoms with E-state index in [0.29, 0.717) is 24.2 Å². The largest absolute Gasteiger partial charge is 0.464 e. The van der Waals surface area contributed by atoms with Gasteiger partial charge < -0.3 is 4.74 Å². The third-order valence-electron chi connectivity index (χ3n) is 5.43. The van der Waals surface area contributed by atoms with Crippen LogP contribution in [0.25, 0.3) is 0 Å². The Morgan fingerprint density at radius 2 is 1.60 bits per heavy atom. The summed E-state index contributed by atoms with van der Waals surface area (Å²) in [6.07, 6.45) is 6.84. The minimum absolute atomic E-state index is 0.245. The van der Waals surface area contributed by atoms with Crippen molar-refractivity contribution >= 4 is 16.1 Å². The van der Waals surface area contributed by atoms with Gasteiger partial charge in [-0.3, -0.25) is 9.35 Å². The van der Waals surface area contributed by atoms with Crippen LogP contribution >= 0.6 is 0 Å². The van der Waals surface area contributed by atoms with Gasteiger partial charge in [0.1, 0.15) is 12.4 Å². The minimum atomic E-state index is -4.05. The van der Waals surface area contributed by atoms with E-state index in [2.05, 4.69) is 0 Å². The summed E-state index contributed by atoms with van der Waals surface area (Å²) in [5.41, 5.74) is 0. The van der Waals surface area contributed by atoms with E-state index in [4.69, 9.17) is 9.29 Å². The first-order valence-corrected chi connectivity index (χ1v) is 9.12. The van der Waals surface area contributed by atoms with E-state index < -0.39 is 15.9 Å². The monoisotopic (exact) mass is 302 g/mol. The van der Waals surface area contributed by atoms with Crippen molar-refractivity contribution in [1.29, 1.82) is 0 Å². The fraction of sp³-hybridized carbons (Fsp3) is 0.929. The summed E-state index contributed by atoms with van der Waals surface area (Å²) in [5, 5.41) is 0. The zero-order chi connectivity index (χ0) is 14.3. The molecule has 5 nitrogen and oxygen atoms in total. The van der Waals surface area contributed by atoms with E-state index in [9.17, 15) is 13.2 Å². The summed E-state index contributed by atoms with van der Waals surface area (Å²) in [5.74, 6) is 2.70. The van der Waals surface area contributed by atoms with Gasteiger partial charge in [-0.05, 0) is 61.7 Å². The molecule has 4 aliphatic rings. The number of ether oxygens (including phenoxy) is 1. The van der Waals surface area contributed by atoms with E-state index in [1.165, 1.54) is 32.1 Å². The van der Waals surface area contributed by atoms with Gasteiger partial charge in [-0.2, -0.15) is 8.42 Å². The number of rotatable bonds is 5. The molecular weight excluding hydrogens is 280 g/mol. The van der Waals surface area contributed by atoms with Crippen LogP contribution in [0.5, 0.6) is 0 Å². The average Bonchev–Trinajstić information content (AvgIpc) is 2.31. The van der Waals surface area contributed by atoms with Crippen LogP contribution in [0, 0.1) is 29.6 Å². The van der Waals surface area contributed by atoms with Crippen LogP contribution in [0.3, 0.4) is 0 Å². The second-order valence-corrected chi connectivity index (χ2v) is 8.38. The molecule has 0 heterocycles. The Morgan fingerprint density at radius 1 is 1.05 bits per heavy atom. The van der Waals surface area contributed by atoms with Gasteiger partial charge in [-0.1, -0.05) is 0 Å². The molecule has 4 fully saturated rings. The molecule has 0 amide bonds. The zero-order valence-electron chi connectivity index (χ0n) is 11.5. The standard InChI is InChI=1S/C14H22O5S/c15-14(19-1-2-20(16,17)18)8-13-11-4-9-3-10(6-11)7-12(13)5-9/h9-13H,1-8H2,(H,16,17,18). The van der Waals surface area contributed by atoms with Gasteiger partial charge in [-0.25, -0.2) is 0 Å². The summed E-state index contributed by atoms with van der Waals surface area (Å²) in [7, 11) is -4.05. The highest BCUT2D eigenvalue weighted by Crippen LogP contribution is 2.57. The second kappa shape index (κ2) is 5.30. The topological polar surface area (TPSA) is 80.7 Å². The van der Waals surface area contributed by atoms with Crippen molar-refractivity contribution in [1.82, 2.24) is 0 Å². The van der Waals surface area contributed by atoms with E-state index in [1.807, 2.05) is 0 Å². The summed E-state index contributed by atoms with van der Waals surface area (Å²) in [6, 6.07) is 0. The lowest BCUT2D eigenvalue weighted by Gasteiger charge is -2.54. The number of hydrogen-bond donors (Lipinski definition) is 1. The second-order valence-electron chi connectivity index (χ2n) is 6.81. The average molecular weight is 302 g/mol. The molecule has 0 unspecified atom stereocenters. The van der Waals surface area contributed by atoms with Crippen molar-refractivity contribution in [2.24, 2.45) is 29.6 Å². The molecular formula is C14H22O5S. The smallest absolute Gasteiger partial charge is 0.306 e. The van der Waals surface area contributed by atoms with Gasteiger partial charge in [0.2, 0.25) is 0 Å². The predicted octanol–water partition coefficient (Wildman–Crippen LogP) is 1.88. The third kappa shape index (κ3) is 3.17. The number of esters is 1. The Labute approximate surface area is 119 Å². The first-order chi connectivity index (χ1) is 9.40. The SMILES string of the molecule is O=C(CC1C2CC3CC(C2)CC1C3)OCCS(=O)(=O)O. The van der Waals surface area contributed by atoms with Crippen molar-refractivity contribution in [2.75, 3.05) is 12.4 Å². The van der Waals surface area contributed by atoms with Crippen LogP contribution in [-0.4, -0.2) is 31.3 Å². The summed E-state index contributed by atoms with van der Waals surface area (Å²) >= 11 is 0. The molecule has 0 aromatic carbocycles. The molecule has 0 radical (unpaired) electrons. The lowest BCUT2D eigenvalue weighted by Crippen LogP contribution is -2.45. The molecule has 0 saturated heterocycles. The molecule has 4 aliphatic carbocycles. The molecule has 114 valence electrons. The van der Waals surface area contributed by atoms with Crippen LogP contribution in [0.4, 0.5) is 0 Å². The number of carbonyl (C=O) groups is 1. The summed E-state index contributed by atoms with van der Waals surface area (Å²) in [4.78, 5) is 11.8. The highest BCUT2D eigenvalue weighted by atomic mass is 32.2. The highest BCUT2D eigenvalue weighted by Gasteiger charge is 2.48. The quantitative estimate of drug-likeness (QED) is 0.619. The first-order valence-electron chi connectivity index (χ1n) is 7.51. The fourth-order valence-corrected chi connectivity index (χ4v) is 5.18. The van der Waals surface area contributed by atoms with Gasteiger partial charge in [-0.15, -0.1) is 0 Å². The van der Waals surface area contributed by atoms with Crippen molar-refractivity contribution in [2.45, 2.75) is 38.5 Å².